The largest absolute Gasteiger partial charge is 0.378 e. The third-order valence-corrected chi connectivity index (χ3v) is 5.51. The third-order valence-electron chi connectivity index (χ3n) is 5.51. The van der Waals surface area contributed by atoms with Crippen molar-refractivity contribution in [2.45, 2.75) is 89.2 Å². The van der Waals surface area contributed by atoms with Crippen molar-refractivity contribution in [2.24, 2.45) is 5.41 Å². The molecule has 1 saturated heterocycles. The predicted molar refractivity (Wildman–Crippen MR) is 79.4 cm³/mol. The molecule has 0 radical (unpaired) electrons. The van der Waals surface area contributed by atoms with Crippen LogP contribution < -0.4 is 5.32 Å². The Morgan fingerprint density at radius 3 is 2.53 bits per heavy atom. The average molecular weight is 265 g/mol. The second kappa shape index (κ2) is 6.58. The lowest BCUT2D eigenvalue weighted by atomic mass is 9.70. The smallest absolute Gasteiger partial charge is 0.0576 e. The Bertz CT molecular complexity index is 262. The second-order valence-corrected chi connectivity index (χ2v) is 7.24. The molecule has 1 heterocycles. The van der Waals surface area contributed by atoms with Crippen LogP contribution in [0.5, 0.6) is 0 Å². The maximum absolute atomic E-state index is 5.77. The highest BCUT2D eigenvalue weighted by molar-refractivity contribution is 4.89. The first-order valence-corrected chi connectivity index (χ1v) is 8.71. The topological polar surface area (TPSA) is 21.3 Å². The van der Waals surface area contributed by atoms with Crippen molar-refractivity contribution in [2.75, 3.05) is 13.2 Å². The Morgan fingerprint density at radius 2 is 1.84 bits per heavy atom. The number of hydrogen-bond acceptors (Lipinski definition) is 2. The van der Waals surface area contributed by atoms with Gasteiger partial charge >= 0.3 is 0 Å². The quantitative estimate of drug-likeness (QED) is 0.750. The van der Waals surface area contributed by atoms with E-state index in [-0.39, 0.29) is 0 Å². The SMILES string of the molecule is C1CCC(CCCC2CCCO2)(CNC2CC2)CC1. The van der Waals surface area contributed by atoms with Crippen molar-refractivity contribution in [3.05, 3.63) is 0 Å². The Labute approximate surface area is 118 Å². The van der Waals surface area contributed by atoms with Crippen LogP contribution in [0.15, 0.2) is 0 Å². The van der Waals surface area contributed by atoms with Gasteiger partial charge in [0.2, 0.25) is 0 Å². The standard InChI is InChI=1S/C17H31NO/c1-2-10-17(11-3-1,14-18-15-8-9-15)12-4-6-16-7-5-13-19-16/h15-16,18H,1-14H2. The molecule has 2 nitrogen and oxygen atoms in total. The lowest BCUT2D eigenvalue weighted by molar-refractivity contribution is 0.0920. The molecule has 110 valence electrons. The Balaban J connectivity index is 1.43. The van der Waals surface area contributed by atoms with Crippen molar-refractivity contribution < 1.29 is 4.74 Å². The van der Waals surface area contributed by atoms with Gasteiger partial charge in [0, 0.05) is 19.2 Å². The van der Waals surface area contributed by atoms with Gasteiger partial charge in [0.25, 0.3) is 0 Å². The highest BCUT2D eigenvalue weighted by atomic mass is 16.5. The van der Waals surface area contributed by atoms with Gasteiger partial charge in [-0.1, -0.05) is 25.7 Å². The summed E-state index contributed by atoms with van der Waals surface area (Å²) in [6, 6.07) is 0.872. The number of hydrogen-bond donors (Lipinski definition) is 1. The minimum atomic E-state index is 0.594. The van der Waals surface area contributed by atoms with E-state index in [1.165, 1.54) is 83.6 Å². The van der Waals surface area contributed by atoms with Crippen LogP contribution in [0.4, 0.5) is 0 Å². The maximum atomic E-state index is 5.77. The minimum absolute atomic E-state index is 0.594. The van der Waals surface area contributed by atoms with Crippen LogP contribution in [0.3, 0.4) is 0 Å². The number of nitrogens with one attached hydrogen (secondary N) is 1. The van der Waals surface area contributed by atoms with Crippen LogP contribution in [0.25, 0.3) is 0 Å². The molecule has 0 spiro atoms. The molecule has 1 aliphatic heterocycles. The third kappa shape index (κ3) is 4.19. The van der Waals surface area contributed by atoms with E-state index in [2.05, 4.69) is 5.32 Å². The van der Waals surface area contributed by atoms with Gasteiger partial charge in [0.1, 0.15) is 0 Å². The highest BCUT2D eigenvalue weighted by Crippen LogP contribution is 2.41. The summed E-state index contributed by atoms with van der Waals surface area (Å²) in [7, 11) is 0. The summed E-state index contributed by atoms with van der Waals surface area (Å²) in [6.07, 6.45) is 17.5. The molecule has 0 aromatic rings. The fourth-order valence-corrected chi connectivity index (χ4v) is 4.04. The molecule has 1 unspecified atom stereocenters. The van der Waals surface area contributed by atoms with Crippen LogP contribution in [-0.4, -0.2) is 25.3 Å². The number of ether oxygens (including phenoxy) is 1. The van der Waals surface area contributed by atoms with Gasteiger partial charge in [-0.2, -0.15) is 0 Å². The van der Waals surface area contributed by atoms with Crippen LogP contribution in [0.1, 0.15) is 77.0 Å². The summed E-state index contributed by atoms with van der Waals surface area (Å²) >= 11 is 0. The average Bonchev–Trinajstić information content (AvgIpc) is 3.14. The molecular formula is C17H31NO. The van der Waals surface area contributed by atoms with E-state index in [4.69, 9.17) is 4.74 Å². The molecule has 3 aliphatic rings. The Morgan fingerprint density at radius 1 is 1.00 bits per heavy atom. The highest BCUT2D eigenvalue weighted by Gasteiger charge is 2.33. The molecule has 0 amide bonds. The lowest BCUT2D eigenvalue weighted by Crippen LogP contribution is -2.37. The van der Waals surface area contributed by atoms with Gasteiger partial charge in [-0.25, -0.2) is 0 Å². The normalized spacial score (nSPS) is 30.6. The molecule has 19 heavy (non-hydrogen) atoms. The Hall–Kier alpha value is -0.0800. The first-order chi connectivity index (χ1) is 9.36. The van der Waals surface area contributed by atoms with Gasteiger partial charge < -0.3 is 10.1 Å². The molecule has 0 aromatic carbocycles. The molecule has 1 atom stereocenters. The maximum Gasteiger partial charge on any atom is 0.0576 e. The van der Waals surface area contributed by atoms with Crippen molar-refractivity contribution in [3.8, 4) is 0 Å². The monoisotopic (exact) mass is 265 g/mol. The lowest BCUT2D eigenvalue weighted by Gasteiger charge is -2.38. The molecule has 1 N–H and O–H groups in total. The molecular weight excluding hydrogens is 234 g/mol. The van der Waals surface area contributed by atoms with E-state index in [1.807, 2.05) is 0 Å². The molecule has 3 rings (SSSR count). The van der Waals surface area contributed by atoms with Gasteiger partial charge in [0.05, 0.1) is 6.10 Å². The van der Waals surface area contributed by atoms with Crippen LogP contribution in [0.2, 0.25) is 0 Å². The van der Waals surface area contributed by atoms with E-state index in [9.17, 15) is 0 Å². The summed E-state index contributed by atoms with van der Waals surface area (Å²) < 4.78 is 5.77. The summed E-state index contributed by atoms with van der Waals surface area (Å²) in [5.74, 6) is 0. The zero-order valence-corrected chi connectivity index (χ0v) is 12.5. The first-order valence-electron chi connectivity index (χ1n) is 8.71. The van der Waals surface area contributed by atoms with Crippen LogP contribution in [-0.2, 0) is 4.74 Å². The Kier molecular flexibility index (Phi) is 4.81. The van der Waals surface area contributed by atoms with Gasteiger partial charge in [0.15, 0.2) is 0 Å². The fraction of sp³-hybridized carbons (Fsp3) is 1.00. The predicted octanol–water partition coefficient (Wildman–Crippen LogP) is 4.04. The van der Waals surface area contributed by atoms with Gasteiger partial charge in [-0.05, 0) is 56.8 Å². The minimum Gasteiger partial charge on any atom is -0.378 e. The van der Waals surface area contributed by atoms with Crippen molar-refractivity contribution in [1.29, 1.82) is 0 Å². The first kappa shape index (κ1) is 13.9. The number of rotatable bonds is 7. The summed E-state index contributed by atoms with van der Waals surface area (Å²) in [5, 5.41) is 3.81. The zero-order valence-electron chi connectivity index (χ0n) is 12.5. The van der Waals surface area contributed by atoms with E-state index in [1.54, 1.807) is 0 Å². The van der Waals surface area contributed by atoms with Crippen molar-refractivity contribution in [1.82, 2.24) is 5.32 Å². The van der Waals surface area contributed by atoms with Crippen molar-refractivity contribution in [3.63, 3.8) is 0 Å². The molecule has 0 bridgehead atoms. The van der Waals surface area contributed by atoms with Crippen LogP contribution >= 0.6 is 0 Å². The van der Waals surface area contributed by atoms with Crippen molar-refractivity contribution >= 4 is 0 Å². The van der Waals surface area contributed by atoms with E-state index < -0.39 is 0 Å². The van der Waals surface area contributed by atoms with E-state index in [0.29, 0.717) is 11.5 Å². The molecule has 2 heteroatoms. The molecule has 0 aromatic heterocycles. The summed E-state index contributed by atoms with van der Waals surface area (Å²) in [6.45, 7) is 2.31. The van der Waals surface area contributed by atoms with E-state index in [0.717, 1.165) is 12.6 Å². The van der Waals surface area contributed by atoms with E-state index >= 15 is 0 Å². The second-order valence-electron chi connectivity index (χ2n) is 7.24. The summed E-state index contributed by atoms with van der Waals surface area (Å²) in [4.78, 5) is 0. The zero-order chi connectivity index (χ0) is 13.0. The fourth-order valence-electron chi connectivity index (χ4n) is 4.04. The van der Waals surface area contributed by atoms with Gasteiger partial charge in [-0.3, -0.25) is 0 Å². The molecule has 2 aliphatic carbocycles. The summed E-state index contributed by atoms with van der Waals surface area (Å²) in [5.41, 5.74) is 0.638. The molecule has 2 saturated carbocycles. The van der Waals surface area contributed by atoms with Crippen LogP contribution in [0, 0.1) is 5.41 Å². The van der Waals surface area contributed by atoms with Gasteiger partial charge in [-0.15, -0.1) is 0 Å². The molecule has 3 fully saturated rings.